The first-order valence-electron chi connectivity index (χ1n) is 6.85. The van der Waals surface area contributed by atoms with Crippen molar-refractivity contribution in [1.82, 2.24) is 9.55 Å². The lowest BCUT2D eigenvalue weighted by molar-refractivity contribution is 0.0982. The molecule has 0 bridgehead atoms. The molecule has 3 heteroatoms. The smallest absolute Gasteiger partial charge is 0.164 e. The van der Waals surface area contributed by atoms with Crippen LogP contribution in [0.4, 0.5) is 0 Å². The van der Waals surface area contributed by atoms with Crippen LogP contribution in [0.2, 0.25) is 0 Å². The Morgan fingerprint density at radius 2 is 2.05 bits per heavy atom. The van der Waals surface area contributed by atoms with Gasteiger partial charge in [0.2, 0.25) is 0 Å². The normalized spacial score (nSPS) is 15.1. The maximum Gasteiger partial charge on any atom is 0.164 e. The lowest BCUT2D eigenvalue weighted by atomic mass is 10.1. The quantitative estimate of drug-likeness (QED) is 0.772. The van der Waals surface area contributed by atoms with Crippen LogP contribution in [0.1, 0.15) is 46.3 Å². The van der Waals surface area contributed by atoms with Crippen molar-refractivity contribution in [2.45, 2.75) is 39.2 Å². The van der Waals surface area contributed by atoms with E-state index in [0.717, 1.165) is 31.4 Å². The van der Waals surface area contributed by atoms with Gasteiger partial charge in [0.25, 0.3) is 0 Å². The summed E-state index contributed by atoms with van der Waals surface area (Å²) in [5, 5.41) is 0. The topological polar surface area (TPSA) is 34.9 Å². The molecule has 0 unspecified atom stereocenters. The molecule has 2 heterocycles. The summed E-state index contributed by atoms with van der Waals surface area (Å²) in [7, 11) is 0. The summed E-state index contributed by atoms with van der Waals surface area (Å²) in [5.41, 5.74) is 4.49. The second-order valence-corrected chi connectivity index (χ2v) is 5.37. The number of Topliss-reactive ketones (excluding diaryl/α,β-unsaturated/α-hetero) is 1. The van der Waals surface area contributed by atoms with Gasteiger partial charge in [-0.05, 0) is 42.9 Å². The second-order valence-electron chi connectivity index (χ2n) is 5.37. The predicted octanol–water partition coefficient (Wildman–Crippen LogP) is 3.15. The van der Waals surface area contributed by atoms with Crippen LogP contribution in [0.5, 0.6) is 0 Å². The molecule has 98 valence electrons. The summed E-state index contributed by atoms with van der Waals surface area (Å²) < 4.78 is 2.12. The highest BCUT2D eigenvalue weighted by Gasteiger charge is 2.17. The molecule has 1 aliphatic rings. The maximum atomic E-state index is 12.0. The van der Waals surface area contributed by atoms with Crippen LogP contribution in [0, 0.1) is 6.92 Å². The van der Waals surface area contributed by atoms with Gasteiger partial charge in [-0.1, -0.05) is 6.07 Å². The number of rotatable bonds is 2. The Balaban J connectivity index is 1.87. The third-order valence-electron chi connectivity index (χ3n) is 3.66. The molecule has 2 aromatic rings. The van der Waals surface area contributed by atoms with E-state index in [1.54, 1.807) is 0 Å². The average Bonchev–Trinajstić information content (AvgIpc) is 2.70. The zero-order chi connectivity index (χ0) is 13.2. The molecule has 3 nitrogen and oxygen atoms in total. The average molecular weight is 254 g/mol. The van der Waals surface area contributed by atoms with Gasteiger partial charge in [0, 0.05) is 43.3 Å². The van der Waals surface area contributed by atoms with Crippen LogP contribution in [0.25, 0.3) is 0 Å². The Kier molecular flexibility index (Phi) is 3.20. The molecule has 0 amide bonds. The molecular formula is C16H18N2O. The Labute approximate surface area is 113 Å². The number of fused-ring (bicyclic) bond motifs is 1. The molecule has 0 saturated heterocycles. The number of nitrogens with zero attached hydrogens (tertiary/aromatic N) is 2. The standard InChI is InChI=1S/C16H18N2O/c1-12-6-13(8-17-7-12)9-18-10-14-4-2-3-5-16(19)15(14)11-18/h6-8,10-11H,2-5,9H2,1H3. The highest BCUT2D eigenvalue weighted by Crippen LogP contribution is 2.22. The molecule has 0 fully saturated rings. The summed E-state index contributed by atoms with van der Waals surface area (Å²) in [4.78, 5) is 16.2. The van der Waals surface area contributed by atoms with Crippen molar-refractivity contribution in [2.24, 2.45) is 0 Å². The predicted molar refractivity (Wildman–Crippen MR) is 74.4 cm³/mol. The number of carbonyl (C=O) groups is 1. The van der Waals surface area contributed by atoms with Gasteiger partial charge in [-0.3, -0.25) is 9.78 Å². The van der Waals surface area contributed by atoms with E-state index in [-0.39, 0.29) is 0 Å². The van der Waals surface area contributed by atoms with Gasteiger partial charge in [0.05, 0.1) is 0 Å². The molecule has 19 heavy (non-hydrogen) atoms. The highest BCUT2D eigenvalue weighted by atomic mass is 16.1. The summed E-state index contributed by atoms with van der Waals surface area (Å²) in [6.45, 7) is 2.83. The van der Waals surface area contributed by atoms with Gasteiger partial charge >= 0.3 is 0 Å². The van der Waals surface area contributed by atoms with Crippen molar-refractivity contribution < 1.29 is 4.79 Å². The number of hydrogen-bond acceptors (Lipinski definition) is 2. The van der Waals surface area contributed by atoms with Crippen molar-refractivity contribution in [3.8, 4) is 0 Å². The number of ketones is 1. The van der Waals surface area contributed by atoms with Crippen LogP contribution >= 0.6 is 0 Å². The van der Waals surface area contributed by atoms with Gasteiger partial charge in [-0.2, -0.15) is 0 Å². The number of hydrogen-bond donors (Lipinski definition) is 0. The molecule has 0 radical (unpaired) electrons. The first-order chi connectivity index (χ1) is 9.22. The lowest BCUT2D eigenvalue weighted by Gasteiger charge is -2.04. The molecule has 0 N–H and O–H groups in total. The first-order valence-corrected chi connectivity index (χ1v) is 6.85. The van der Waals surface area contributed by atoms with Crippen molar-refractivity contribution in [3.05, 3.63) is 53.1 Å². The van der Waals surface area contributed by atoms with E-state index in [0.29, 0.717) is 12.2 Å². The van der Waals surface area contributed by atoms with Gasteiger partial charge in [-0.15, -0.1) is 0 Å². The van der Waals surface area contributed by atoms with Crippen LogP contribution in [-0.2, 0) is 13.0 Å². The molecule has 1 aliphatic carbocycles. The monoisotopic (exact) mass is 254 g/mol. The fourth-order valence-corrected chi connectivity index (χ4v) is 2.75. The summed E-state index contributed by atoms with van der Waals surface area (Å²) in [6, 6.07) is 2.14. The molecule has 0 saturated carbocycles. The Hall–Kier alpha value is -1.90. The van der Waals surface area contributed by atoms with E-state index in [2.05, 4.69) is 21.8 Å². The fourth-order valence-electron chi connectivity index (χ4n) is 2.75. The van der Waals surface area contributed by atoms with Crippen molar-refractivity contribution in [3.63, 3.8) is 0 Å². The van der Waals surface area contributed by atoms with Gasteiger partial charge in [0.15, 0.2) is 5.78 Å². The third-order valence-corrected chi connectivity index (χ3v) is 3.66. The Morgan fingerprint density at radius 3 is 2.89 bits per heavy atom. The summed E-state index contributed by atoms with van der Waals surface area (Å²) in [6.07, 6.45) is 11.7. The number of aryl methyl sites for hydroxylation is 2. The Bertz CT molecular complexity index is 613. The number of aromatic nitrogens is 2. The van der Waals surface area contributed by atoms with Crippen LogP contribution in [0.15, 0.2) is 30.9 Å². The first kappa shape index (κ1) is 12.2. The van der Waals surface area contributed by atoms with Gasteiger partial charge in [0.1, 0.15) is 0 Å². The summed E-state index contributed by atoms with van der Waals surface area (Å²) >= 11 is 0. The van der Waals surface area contributed by atoms with Gasteiger partial charge in [-0.25, -0.2) is 0 Å². The molecule has 0 atom stereocenters. The largest absolute Gasteiger partial charge is 0.349 e. The molecule has 2 aromatic heterocycles. The van der Waals surface area contributed by atoms with E-state index >= 15 is 0 Å². The molecule has 0 aliphatic heterocycles. The van der Waals surface area contributed by atoms with E-state index in [1.165, 1.54) is 16.7 Å². The molecular weight excluding hydrogens is 236 g/mol. The third kappa shape index (κ3) is 2.60. The van der Waals surface area contributed by atoms with Gasteiger partial charge < -0.3 is 4.57 Å². The number of pyridine rings is 1. The highest BCUT2D eigenvalue weighted by molar-refractivity contribution is 5.97. The van der Waals surface area contributed by atoms with Crippen LogP contribution in [-0.4, -0.2) is 15.3 Å². The van der Waals surface area contributed by atoms with Crippen LogP contribution < -0.4 is 0 Å². The summed E-state index contributed by atoms with van der Waals surface area (Å²) in [5.74, 6) is 0.300. The fraction of sp³-hybridized carbons (Fsp3) is 0.375. The van der Waals surface area contributed by atoms with Crippen molar-refractivity contribution >= 4 is 5.78 Å². The van der Waals surface area contributed by atoms with Crippen molar-refractivity contribution in [2.75, 3.05) is 0 Å². The number of carbonyl (C=O) groups excluding carboxylic acids is 1. The lowest BCUT2D eigenvalue weighted by Crippen LogP contribution is -1.99. The minimum atomic E-state index is 0.300. The van der Waals surface area contributed by atoms with E-state index in [1.807, 2.05) is 25.5 Å². The maximum absolute atomic E-state index is 12.0. The van der Waals surface area contributed by atoms with Crippen molar-refractivity contribution in [1.29, 1.82) is 0 Å². The second kappa shape index (κ2) is 5.00. The SMILES string of the molecule is Cc1cncc(Cn2cc3c(c2)C(=O)CCCC3)c1. The molecule has 0 spiro atoms. The van der Waals surface area contributed by atoms with E-state index in [9.17, 15) is 4.79 Å². The molecule has 0 aromatic carbocycles. The van der Waals surface area contributed by atoms with Crippen LogP contribution in [0.3, 0.4) is 0 Å². The minimum absolute atomic E-state index is 0.300. The zero-order valence-electron chi connectivity index (χ0n) is 11.2. The van der Waals surface area contributed by atoms with E-state index < -0.39 is 0 Å². The van der Waals surface area contributed by atoms with E-state index in [4.69, 9.17) is 0 Å². The Morgan fingerprint density at radius 1 is 1.21 bits per heavy atom. The minimum Gasteiger partial charge on any atom is -0.349 e. The molecule has 3 rings (SSSR count). The zero-order valence-corrected chi connectivity index (χ0v) is 11.2.